The highest BCUT2D eigenvalue weighted by Crippen LogP contribution is 2.48. The van der Waals surface area contributed by atoms with Crippen molar-refractivity contribution < 1.29 is 9.66 Å². The summed E-state index contributed by atoms with van der Waals surface area (Å²) in [6.45, 7) is 4.20. The molecule has 0 aromatic heterocycles. The maximum atomic E-state index is 11.5. The average molecular weight is 456 g/mol. The fourth-order valence-corrected chi connectivity index (χ4v) is 6.84. The van der Waals surface area contributed by atoms with Crippen molar-refractivity contribution in [2.75, 3.05) is 38.2 Å². The van der Waals surface area contributed by atoms with Crippen molar-refractivity contribution in [1.29, 1.82) is 0 Å². The summed E-state index contributed by atoms with van der Waals surface area (Å²) in [4.78, 5) is 16.4. The lowest BCUT2D eigenvalue weighted by molar-refractivity contribution is -0.385. The number of hydrogen-bond donors (Lipinski definition) is 0. The molecule has 0 amide bonds. The third-order valence-electron chi connectivity index (χ3n) is 8.92. The fourth-order valence-electron chi connectivity index (χ4n) is 6.84. The summed E-state index contributed by atoms with van der Waals surface area (Å²) >= 11 is 0. The van der Waals surface area contributed by atoms with Crippen LogP contribution in [0.5, 0.6) is 5.75 Å². The number of anilines is 1. The maximum Gasteiger partial charge on any atom is 0.311 e. The second-order valence-corrected chi connectivity index (χ2v) is 11.1. The van der Waals surface area contributed by atoms with Crippen molar-refractivity contribution in [1.82, 2.24) is 4.90 Å². The molecule has 0 spiro atoms. The topological polar surface area (TPSA) is 58.8 Å². The molecule has 1 aliphatic heterocycles. The Kier molecular flexibility index (Phi) is 7.10. The minimum atomic E-state index is -0.308. The van der Waals surface area contributed by atoms with Gasteiger partial charge in [-0.15, -0.1) is 0 Å². The van der Waals surface area contributed by atoms with Gasteiger partial charge in [-0.25, -0.2) is 0 Å². The number of ether oxygens (including phenoxy) is 1. The first-order chi connectivity index (χ1) is 16.1. The Morgan fingerprint density at radius 2 is 1.58 bits per heavy atom. The molecule has 1 saturated heterocycles. The second kappa shape index (κ2) is 10.2. The van der Waals surface area contributed by atoms with Crippen molar-refractivity contribution in [3.63, 3.8) is 0 Å². The monoisotopic (exact) mass is 455 g/mol. The molecule has 3 saturated carbocycles. The standard InChI is InChI=1S/C27H41N3O3/c1-33-27-19-25(24(22-9-10-22)18-26(27)30(31)32)29-15-13-28(14-16-29)23-11-7-21(8-12-23)17-20-5-3-2-4-6-20/h18-23H,2-17H2,1H3. The van der Waals surface area contributed by atoms with Crippen LogP contribution in [0.4, 0.5) is 11.4 Å². The minimum Gasteiger partial charge on any atom is -0.490 e. The largest absolute Gasteiger partial charge is 0.490 e. The highest BCUT2D eigenvalue weighted by molar-refractivity contribution is 5.66. The maximum absolute atomic E-state index is 11.5. The van der Waals surface area contributed by atoms with Crippen molar-refractivity contribution in [3.8, 4) is 5.75 Å². The molecule has 182 valence electrons. The lowest BCUT2D eigenvalue weighted by Gasteiger charge is -2.43. The first-order valence-corrected chi connectivity index (χ1v) is 13.5. The molecule has 0 bridgehead atoms. The highest BCUT2D eigenvalue weighted by atomic mass is 16.6. The molecule has 0 N–H and O–H groups in total. The Morgan fingerprint density at radius 1 is 0.909 bits per heavy atom. The average Bonchev–Trinajstić information content (AvgIpc) is 3.70. The molecule has 3 aliphatic carbocycles. The summed E-state index contributed by atoms with van der Waals surface area (Å²) in [5, 5.41) is 11.5. The van der Waals surface area contributed by atoms with E-state index in [0.717, 1.165) is 68.1 Å². The van der Waals surface area contributed by atoms with Crippen LogP contribution < -0.4 is 9.64 Å². The first kappa shape index (κ1) is 22.9. The molecule has 33 heavy (non-hydrogen) atoms. The number of piperazine rings is 1. The van der Waals surface area contributed by atoms with Gasteiger partial charge in [0.2, 0.25) is 0 Å². The normalized spacial score (nSPS) is 27.5. The van der Waals surface area contributed by atoms with Gasteiger partial charge in [-0.05, 0) is 68.3 Å². The summed E-state index contributed by atoms with van der Waals surface area (Å²) in [7, 11) is 1.53. The summed E-state index contributed by atoms with van der Waals surface area (Å²) in [5.74, 6) is 2.85. The number of methoxy groups -OCH3 is 1. The quantitative estimate of drug-likeness (QED) is 0.365. The first-order valence-electron chi connectivity index (χ1n) is 13.5. The molecule has 4 fully saturated rings. The van der Waals surface area contributed by atoms with E-state index in [0.29, 0.717) is 11.7 Å². The number of benzene rings is 1. The number of rotatable bonds is 7. The van der Waals surface area contributed by atoms with E-state index in [2.05, 4.69) is 9.80 Å². The molecule has 4 aliphatic rings. The van der Waals surface area contributed by atoms with Crippen LogP contribution in [-0.2, 0) is 0 Å². The Labute approximate surface area is 198 Å². The van der Waals surface area contributed by atoms with E-state index in [1.807, 2.05) is 6.07 Å². The molecular weight excluding hydrogens is 414 g/mol. The van der Waals surface area contributed by atoms with Crippen molar-refractivity contribution in [2.45, 2.75) is 89.0 Å². The highest BCUT2D eigenvalue weighted by Gasteiger charge is 2.34. The SMILES string of the molecule is COc1cc(N2CCN(C3CCC(CC4CCCCC4)CC3)CC2)c(C2CC2)cc1[N+](=O)[O-]. The van der Waals surface area contributed by atoms with Crippen LogP contribution >= 0.6 is 0 Å². The van der Waals surface area contributed by atoms with Gasteiger partial charge in [0.15, 0.2) is 5.75 Å². The molecule has 6 heteroatoms. The number of nitrogens with zero attached hydrogens (tertiary/aromatic N) is 3. The van der Waals surface area contributed by atoms with E-state index in [-0.39, 0.29) is 10.6 Å². The Hall–Kier alpha value is -1.82. The van der Waals surface area contributed by atoms with Gasteiger partial charge in [0.25, 0.3) is 0 Å². The van der Waals surface area contributed by atoms with Crippen LogP contribution in [0.1, 0.15) is 88.5 Å². The zero-order chi connectivity index (χ0) is 22.8. The van der Waals surface area contributed by atoms with Crippen molar-refractivity contribution >= 4 is 11.4 Å². The van der Waals surface area contributed by atoms with E-state index in [9.17, 15) is 10.1 Å². The summed E-state index contributed by atoms with van der Waals surface area (Å²) in [6.07, 6.45) is 16.7. The molecule has 1 aromatic rings. The van der Waals surface area contributed by atoms with Crippen LogP contribution in [0.15, 0.2) is 12.1 Å². The third-order valence-corrected chi connectivity index (χ3v) is 8.92. The van der Waals surface area contributed by atoms with Crippen molar-refractivity contribution in [2.24, 2.45) is 11.8 Å². The third kappa shape index (κ3) is 5.31. The Morgan fingerprint density at radius 3 is 2.18 bits per heavy atom. The Bertz CT molecular complexity index is 818. The molecule has 0 radical (unpaired) electrons. The summed E-state index contributed by atoms with van der Waals surface area (Å²) < 4.78 is 5.40. The van der Waals surface area contributed by atoms with Crippen LogP contribution in [-0.4, -0.2) is 49.2 Å². The lowest BCUT2D eigenvalue weighted by Crippen LogP contribution is -2.51. The molecule has 0 atom stereocenters. The fraction of sp³-hybridized carbons (Fsp3) is 0.778. The number of hydrogen-bond acceptors (Lipinski definition) is 5. The van der Waals surface area contributed by atoms with E-state index >= 15 is 0 Å². The van der Waals surface area contributed by atoms with Crippen molar-refractivity contribution in [3.05, 3.63) is 27.8 Å². The Balaban J connectivity index is 1.17. The second-order valence-electron chi connectivity index (χ2n) is 11.1. The van der Waals surface area contributed by atoms with E-state index in [4.69, 9.17) is 4.74 Å². The number of nitro groups is 1. The van der Waals surface area contributed by atoms with Crippen LogP contribution in [0, 0.1) is 22.0 Å². The van der Waals surface area contributed by atoms with E-state index in [1.54, 1.807) is 6.07 Å². The molecule has 0 unspecified atom stereocenters. The number of nitro benzene ring substituents is 1. The van der Waals surface area contributed by atoms with Crippen LogP contribution in [0.2, 0.25) is 0 Å². The van der Waals surface area contributed by atoms with Crippen LogP contribution in [0.3, 0.4) is 0 Å². The predicted octanol–water partition coefficient (Wildman–Crippen LogP) is 6.13. The smallest absolute Gasteiger partial charge is 0.311 e. The summed E-state index contributed by atoms with van der Waals surface area (Å²) in [5.41, 5.74) is 2.42. The summed E-state index contributed by atoms with van der Waals surface area (Å²) in [6, 6.07) is 4.47. The molecule has 5 rings (SSSR count). The van der Waals surface area contributed by atoms with Gasteiger partial charge >= 0.3 is 5.69 Å². The predicted molar refractivity (Wildman–Crippen MR) is 132 cm³/mol. The van der Waals surface area contributed by atoms with Gasteiger partial charge in [-0.2, -0.15) is 0 Å². The molecule has 1 heterocycles. The van der Waals surface area contributed by atoms with Gasteiger partial charge in [-0.3, -0.25) is 15.0 Å². The zero-order valence-corrected chi connectivity index (χ0v) is 20.3. The molecule has 6 nitrogen and oxygen atoms in total. The van der Waals surface area contributed by atoms with Gasteiger partial charge < -0.3 is 9.64 Å². The van der Waals surface area contributed by atoms with E-state index in [1.165, 1.54) is 71.3 Å². The molecular formula is C27H41N3O3. The zero-order valence-electron chi connectivity index (χ0n) is 20.3. The van der Waals surface area contributed by atoms with Crippen LogP contribution in [0.25, 0.3) is 0 Å². The van der Waals surface area contributed by atoms with Gasteiger partial charge in [0.05, 0.1) is 12.0 Å². The van der Waals surface area contributed by atoms with Gasteiger partial charge in [0, 0.05) is 50.0 Å². The van der Waals surface area contributed by atoms with Gasteiger partial charge in [-0.1, -0.05) is 32.1 Å². The molecule has 1 aromatic carbocycles. The van der Waals surface area contributed by atoms with E-state index < -0.39 is 0 Å². The van der Waals surface area contributed by atoms with Gasteiger partial charge in [0.1, 0.15) is 0 Å². The minimum absolute atomic E-state index is 0.103. The lowest BCUT2D eigenvalue weighted by atomic mass is 9.76.